The van der Waals surface area contributed by atoms with Gasteiger partial charge in [-0.3, -0.25) is 9.59 Å². The summed E-state index contributed by atoms with van der Waals surface area (Å²) in [5, 5.41) is 11.0. The van der Waals surface area contributed by atoms with Crippen molar-refractivity contribution >= 4 is 11.9 Å². The Morgan fingerprint density at radius 1 is 1.38 bits per heavy atom. The quantitative estimate of drug-likeness (QED) is 0.610. The Bertz CT molecular complexity index is 178. The Morgan fingerprint density at radius 3 is 2.46 bits per heavy atom. The molecule has 0 atom stereocenters. The Balaban J connectivity index is 3.32. The van der Waals surface area contributed by atoms with E-state index in [1.54, 1.807) is 0 Å². The minimum absolute atomic E-state index is 0.000360. The zero-order valence-corrected chi connectivity index (χ0v) is 8.17. The molecule has 0 unspecified atom stereocenters. The molecule has 0 aromatic rings. The SMILES string of the molecule is CC(C)CC(=O)NCCCC(=O)O. The van der Waals surface area contributed by atoms with Crippen molar-refractivity contribution in [3.8, 4) is 0 Å². The van der Waals surface area contributed by atoms with Crippen LogP contribution in [0.5, 0.6) is 0 Å². The van der Waals surface area contributed by atoms with Gasteiger partial charge in [-0.25, -0.2) is 0 Å². The zero-order valence-electron chi connectivity index (χ0n) is 8.17. The molecule has 13 heavy (non-hydrogen) atoms. The van der Waals surface area contributed by atoms with E-state index in [0.29, 0.717) is 25.3 Å². The van der Waals surface area contributed by atoms with Crippen LogP contribution < -0.4 is 5.32 Å². The number of nitrogens with one attached hydrogen (secondary N) is 1. The maximum Gasteiger partial charge on any atom is 0.303 e. The smallest absolute Gasteiger partial charge is 0.303 e. The summed E-state index contributed by atoms with van der Waals surface area (Å²) in [5.74, 6) is -0.474. The van der Waals surface area contributed by atoms with E-state index in [1.807, 2.05) is 13.8 Å². The molecular formula is C9H17NO3. The van der Waals surface area contributed by atoms with Gasteiger partial charge in [0.05, 0.1) is 0 Å². The number of amides is 1. The molecule has 0 saturated heterocycles. The molecule has 0 bridgehead atoms. The predicted octanol–water partition coefficient (Wildman–Crippen LogP) is 1.01. The van der Waals surface area contributed by atoms with Gasteiger partial charge in [0.1, 0.15) is 0 Å². The molecule has 0 rings (SSSR count). The molecule has 4 nitrogen and oxygen atoms in total. The van der Waals surface area contributed by atoms with Gasteiger partial charge in [-0.1, -0.05) is 13.8 Å². The molecule has 0 aromatic heterocycles. The van der Waals surface area contributed by atoms with Crippen LogP contribution >= 0.6 is 0 Å². The van der Waals surface area contributed by atoms with Crippen molar-refractivity contribution in [2.75, 3.05) is 6.54 Å². The van der Waals surface area contributed by atoms with E-state index in [9.17, 15) is 9.59 Å². The van der Waals surface area contributed by atoms with E-state index in [4.69, 9.17) is 5.11 Å². The normalized spacial score (nSPS) is 10.1. The predicted molar refractivity (Wildman–Crippen MR) is 49.3 cm³/mol. The first-order valence-electron chi connectivity index (χ1n) is 4.51. The highest BCUT2D eigenvalue weighted by molar-refractivity contribution is 5.76. The van der Waals surface area contributed by atoms with E-state index in [0.717, 1.165) is 0 Å². The molecular weight excluding hydrogens is 170 g/mol. The number of carbonyl (C=O) groups is 2. The van der Waals surface area contributed by atoms with Gasteiger partial charge in [0.15, 0.2) is 0 Å². The van der Waals surface area contributed by atoms with E-state index < -0.39 is 5.97 Å². The number of carboxylic acid groups (broad SMARTS) is 1. The van der Waals surface area contributed by atoms with E-state index in [2.05, 4.69) is 5.32 Å². The minimum Gasteiger partial charge on any atom is -0.481 e. The summed E-state index contributed by atoms with van der Waals surface area (Å²) in [6.07, 6.45) is 1.12. The van der Waals surface area contributed by atoms with Crippen molar-refractivity contribution in [3.63, 3.8) is 0 Å². The Kier molecular flexibility index (Phi) is 5.93. The second kappa shape index (κ2) is 6.46. The highest BCUT2D eigenvalue weighted by atomic mass is 16.4. The zero-order chi connectivity index (χ0) is 10.3. The van der Waals surface area contributed by atoms with Crippen LogP contribution in [0.25, 0.3) is 0 Å². The van der Waals surface area contributed by atoms with Gasteiger partial charge in [0, 0.05) is 19.4 Å². The van der Waals surface area contributed by atoms with Crippen molar-refractivity contribution in [2.24, 2.45) is 5.92 Å². The molecule has 4 heteroatoms. The molecule has 76 valence electrons. The maximum atomic E-state index is 11.0. The Labute approximate surface area is 78.3 Å². The minimum atomic E-state index is -0.821. The third-order valence-corrected chi connectivity index (χ3v) is 1.48. The highest BCUT2D eigenvalue weighted by Crippen LogP contribution is 1.98. The lowest BCUT2D eigenvalue weighted by Gasteiger charge is -2.05. The van der Waals surface area contributed by atoms with Crippen molar-refractivity contribution < 1.29 is 14.7 Å². The molecule has 0 aromatic carbocycles. The summed E-state index contributed by atoms with van der Waals surface area (Å²) >= 11 is 0. The molecule has 0 aliphatic heterocycles. The number of aliphatic carboxylic acids is 1. The first kappa shape index (κ1) is 11.9. The summed E-state index contributed by atoms with van der Waals surface area (Å²) in [7, 11) is 0. The van der Waals surface area contributed by atoms with Crippen LogP contribution in [0, 0.1) is 5.92 Å². The lowest BCUT2D eigenvalue weighted by molar-refractivity contribution is -0.137. The number of hydrogen-bond acceptors (Lipinski definition) is 2. The highest BCUT2D eigenvalue weighted by Gasteiger charge is 2.03. The van der Waals surface area contributed by atoms with Crippen LogP contribution in [-0.4, -0.2) is 23.5 Å². The summed E-state index contributed by atoms with van der Waals surface area (Å²) in [6, 6.07) is 0. The number of rotatable bonds is 6. The van der Waals surface area contributed by atoms with Crippen molar-refractivity contribution in [1.82, 2.24) is 5.32 Å². The van der Waals surface area contributed by atoms with E-state index in [1.165, 1.54) is 0 Å². The molecule has 0 radical (unpaired) electrons. The number of carbonyl (C=O) groups excluding carboxylic acids is 1. The van der Waals surface area contributed by atoms with Crippen LogP contribution in [0.2, 0.25) is 0 Å². The standard InChI is InChI=1S/C9H17NO3/c1-7(2)6-8(11)10-5-3-4-9(12)13/h7H,3-6H2,1-2H3,(H,10,11)(H,12,13). The van der Waals surface area contributed by atoms with Gasteiger partial charge in [-0.2, -0.15) is 0 Å². The average molecular weight is 187 g/mol. The van der Waals surface area contributed by atoms with Gasteiger partial charge in [-0.15, -0.1) is 0 Å². The van der Waals surface area contributed by atoms with Gasteiger partial charge in [-0.05, 0) is 12.3 Å². The lowest BCUT2D eigenvalue weighted by atomic mass is 10.1. The van der Waals surface area contributed by atoms with E-state index in [-0.39, 0.29) is 12.3 Å². The fourth-order valence-corrected chi connectivity index (χ4v) is 0.910. The largest absolute Gasteiger partial charge is 0.481 e. The summed E-state index contributed by atoms with van der Waals surface area (Å²) in [5.41, 5.74) is 0. The summed E-state index contributed by atoms with van der Waals surface area (Å²) in [4.78, 5) is 21.1. The molecule has 0 fully saturated rings. The van der Waals surface area contributed by atoms with Gasteiger partial charge in [0.2, 0.25) is 5.91 Å². The molecule has 0 aliphatic carbocycles. The lowest BCUT2D eigenvalue weighted by Crippen LogP contribution is -2.25. The summed E-state index contributed by atoms with van der Waals surface area (Å²) < 4.78 is 0. The van der Waals surface area contributed by atoms with Crippen LogP contribution in [0.15, 0.2) is 0 Å². The van der Waals surface area contributed by atoms with Crippen molar-refractivity contribution in [1.29, 1.82) is 0 Å². The monoisotopic (exact) mass is 187 g/mol. The molecule has 2 N–H and O–H groups in total. The average Bonchev–Trinajstić information content (AvgIpc) is 1.96. The fraction of sp³-hybridized carbons (Fsp3) is 0.778. The molecule has 0 saturated carbocycles. The molecule has 0 heterocycles. The topological polar surface area (TPSA) is 66.4 Å². The second-order valence-corrected chi connectivity index (χ2v) is 3.45. The van der Waals surface area contributed by atoms with Crippen LogP contribution in [0.4, 0.5) is 0 Å². The molecule has 0 spiro atoms. The van der Waals surface area contributed by atoms with Crippen molar-refractivity contribution in [2.45, 2.75) is 33.1 Å². The van der Waals surface area contributed by atoms with Gasteiger partial charge in [0.25, 0.3) is 0 Å². The number of hydrogen-bond donors (Lipinski definition) is 2. The summed E-state index contributed by atoms with van der Waals surface area (Å²) in [6.45, 7) is 4.39. The Morgan fingerprint density at radius 2 is 2.00 bits per heavy atom. The van der Waals surface area contributed by atoms with Gasteiger partial charge < -0.3 is 10.4 Å². The second-order valence-electron chi connectivity index (χ2n) is 3.45. The molecule has 0 aliphatic rings. The van der Waals surface area contributed by atoms with Crippen LogP contribution in [-0.2, 0) is 9.59 Å². The first-order chi connectivity index (χ1) is 6.02. The third-order valence-electron chi connectivity index (χ3n) is 1.48. The Hall–Kier alpha value is -1.06. The van der Waals surface area contributed by atoms with Gasteiger partial charge >= 0.3 is 5.97 Å². The number of carboxylic acids is 1. The first-order valence-corrected chi connectivity index (χ1v) is 4.51. The third kappa shape index (κ3) is 8.85. The van der Waals surface area contributed by atoms with Crippen molar-refractivity contribution in [3.05, 3.63) is 0 Å². The fourth-order valence-electron chi connectivity index (χ4n) is 0.910. The van der Waals surface area contributed by atoms with Crippen LogP contribution in [0.1, 0.15) is 33.1 Å². The molecule has 1 amide bonds. The van der Waals surface area contributed by atoms with Crippen LogP contribution in [0.3, 0.4) is 0 Å². The van der Waals surface area contributed by atoms with E-state index >= 15 is 0 Å². The maximum absolute atomic E-state index is 11.0.